The Morgan fingerprint density at radius 2 is 2.29 bits per heavy atom. The van der Waals surface area contributed by atoms with Crippen LogP contribution in [0.2, 0.25) is 0 Å². The smallest absolute Gasteiger partial charge is 0.271 e. The fourth-order valence-electron chi connectivity index (χ4n) is 2.73. The van der Waals surface area contributed by atoms with Crippen molar-refractivity contribution in [2.75, 3.05) is 13.7 Å². The van der Waals surface area contributed by atoms with Crippen LogP contribution in [-0.2, 0) is 11.3 Å². The van der Waals surface area contributed by atoms with Gasteiger partial charge < -0.3 is 10.1 Å². The second kappa shape index (κ2) is 7.36. The van der Waals surface area contributed by atoms with Gasteiger partial charge in [-0.2, -0.15) is 5.10 Å². The van der Waals surface area contributed by atoms with Gasteiger partial charge in [-0.1, -0.05) is 19.8 Å². The molecule has 0 radical (unpaired) electrons. The van der Waals surface area contributed by atoms with Crippen LogP contribution in [0.4, 0.5) is 0 Å². The number of rotatable bonds is 5. The Morgan fingerprint density at radius 3 is 3.00 bits per heavy atom. The number of amides is 1. The van der Waals surface area contributed by atoms with Crippen LogP contribution >= 0.6 is 0 Å². The van der Waals surface area contributed by atoms with E-state index in [2.05, 4.69) is 17.3 Å². The Kier molecular flexibility index (Phi) is 5.50. The maximum absolute atomic E-state index is 12.2. The molecule has 0 spiro atoms. The molecule has 0 saturated heterocycles. The minimum absolute atomic E-state index is 0.208. The lowest BCUT2D eigenvalue weighted by molar-refractivity contribution is 0.0912. The first-order valence-electron chi connectivity index (χ1n) is 7.48. The highest BCUT2D eigenvalue weighted by Crippen LogP contribution is 2.23. The third-order valence-corrected chi connectivity index (χ3v) is 3.88. The van der Waals surface area contributed by atoms with Gasteiger partial charge in [-0.05, 0) is 24.8 Å². The number of carbonyl (C=O) groups is 1. The van der Waals surface area contributed by atoms with Crippen molar-refractivity contribution in [2.24, 2.45) is 5.92 Å². The minimum atomic E-state index is -0.227. The summed E-state index contributed by atoms with van der Waals surface area (Å²) in [5.74, 6) is 0.438. The van der Waals surface area contributed by atoms with Gasteiger partial charge in [0.15, 0.2) is 0 Å². The lowest BCUT2D eigenvalue weighted by atomic mass is 9.87. The summed E-state index contributed by atoms with van der Waals surface area (Å²) in [6.45, 7) is 2.94. The highest BCUT2D eigenvalue weighted by atomic mass is 16.5. The number of nitrogens with one attached hydrogen (secondary N) is 1. The summed E-state index contributed by atoms with van der Waals surface area (Å²) in [7, 11) is 1.56. The number of methoxy groups -OCH3 is 1. The minimum Gasteiger partial charge on any atom is -0.383 e. The van der Waals surface area contributed by atoms with E-state index in [1.54, 1.807) is 7.11 Å². The molecule has 1 heterocycles. The van der Waals surface area contributed by atoms with Gasteiger partial charge in [-0.15, -0.1) is 0 Å². The van der Waals surface area contributed by atoms with E-state index in [1.807, 2.05) is 0 Å². The molecule has 1 aromatic heterocycles. The third-order valence-electron chi connectivity index (χ3n) is 3.88. The lowest BCUT2D eigenvalue weighted by Crippen LogP contribution is -2.39. The molecule has 0 aromatic carbocycles. The average molecular weight is 293 g/mol. The molecule has 6 nitrogen and oxygen atoms in total. The number of aromatic nitrogens is 2. The molecular formula is C15H23N3O3. The highest BCUT2D eigenvalue weighted by Gasteiger charge is 2.21. The number of hydrogen-bond donors (Lipinski definition) is 1. The molecule has 1 fully saturated rings. The van der Waals surface area contributed by atoms with E-state index in [0.717, 1.165) is 19.3 Å². The molecule has 0 bridgehead atoms. The number of carbonyl (C=O) groups excluding carboxylic acids is 1. The Balaban J connectivity index is 2.03. The zero-order valence-corrected chi connectivity index (χ0v) is 12.7. The van der Waals surface area contributed by atoms with Crippen molar-refractivity contribution >= 4 is 5.91 Å². The summed E-state index contributed by atoms with van der Waals surface area (Å²) in [6.07, 6.45) is 4.40. The van der Waals surface area contributed by atoms with Crippen LogP contribution in [0, 0.1) is 5.92 Å². The Bertz CT molecular complexity index is 541. The SMILES string of the molecule is COCCn1nc(C(=O)N[C@@H]2CCC[C@@H](C)C2)ccc1=O. The summed E-state index contributed by atoms with van der Waals surface area (Å²) in [5, 5.41) is 7.13. The average Bonchev–Trinajstić information content (AvgIpc) is 2.46. The summed E-state index contributed by atoms with van der Waals surface area (Å²) in [6, 6.07) is 3.07. The van der Waals surface area contributed by atoms with E-state index < -0.39 is 0 Å². The predicted octanol–water partition coefficient (Wildman–Crippen LogP) is 1.20. The van der Waals surface area contributed by atoms with E-state index in [4.69, 9.17) is 4.74 Å². The number of nitrogens with zero attached hydrogens (tertiary/aromatic N) is 2. The Labute approximate surface area is 124 Å². The molecule has 21 heavy (non-hydrogen) atoms. The summed E-state index contributed by atoms with van der Waals surface area (Å²) < 4.78 is 6.20. The van der Waals surface area contributed by atoms with Crippen LogP contribution in [0.25, 0.3) is 0 Å². The van der Waals surface area contributed by atoms with E-state index in [1.165, 1.54) is 23.2 Å². The summed E-state index contributed by atoms with van der Waals surface area (Å²) in [4.78, 5) is 23.9. The first kappa shape index (κ1) is 15.7. The van der Waals surface area contributed by atoms with Gasteiger partial charge in [0.05, 0.1) is 13.2 Å². The molecule has 0 unspecified atom stereocenters. The van der Waals surface area contributed by atoms with Gasteiger partial charge in [0.1, 0.15) is 5.69 Å². The maximum atomic E-state index is 12.2. The van der Waals surface area contributed by atoms with Crippen molar-refractivity contribution in [1.29, 1.82) is 0 Å². The lowest BCUT2D eigenvalue weighted by Gasteiger charge is -2.27. The van der Waals surface area contributed by atoms with Gasteiger partial charge in [-0.25, -0.2) is 4.68 Å². The fraction of sp³-hybridized carbons (Fsp3) is 0.667. The van der Waals surface area contributed by atoms with Crippen LogP contribution < -0.4 is 10.9 Å². The second-order valence-electron chi connectivity index (χ2n) is 5.71. The predicted molar refractivity (Wildman–Crippen MR) is 79.3 cm³/mol. The molecule has 116 valence electrons. The van der Waals surface area contributed by atoms with Crippen molar-refractivity contribution < 1.29 is 9.53 Å². The standard InChI is InChI=1S/C15H23N3O3/c1-11-4-3-5-12(10-11)16-15(20)13-6-7-14(19)18(17-13)8-9-21-2/h6-7,11-12H,3-5,8-10H2,1-2H3,(H,16,20)/t11-,12-/m1/s1. The quantitative estimate of drug-likeness (QED) is 0.885. The number of hydrogen-bond acceptors (Lipinski definition) is 4. The summed E-state index contributed by atoms with van der Waals surface area (Å²) >= 11 is 0. The molecule has 1 amide bonds. The van der Waals surface area contributed by atoms with Crippen LogP contribution in [0.5, 0.6) is 0 Å². The van der Waals surface area contributed by atoms with E-state index in [9.17, 15) is 9.59 Å². The third kappa shape index (κ3) is 4.39. The molecule has 2 rings (SSSR count). The van der Waals surface area contributed by atoms with E-state index in [-0.39, 0.29) is 23.2 Å². The van der Waals surface area contributed by atoms with Crippen LogP contribution in [0.15, 0.2) is 16.9 Å². The largest absolute Gasteiger partial charge is 0.383 e. The normalized spacial score (nSPS) is 22.0. The molecule has 1 aromatic rings. The highest BCUT2D eigenvalue weighted by molar-refractivity contribution is 5.92. The zero-order valence-electron chi connectivity index (χ0n) is 12.7. The molecular weight excluding hydrogens is 270 g/mol. The van der Waals surface area contributed by atoms with Crippen molar-refractivity contribution in [3.05, 3.63) is 28.2 Å². The van der Waals surface area contributed by atoms with Gasteiger partial charge in [-0.3, -0.25) is 9.59 Å². The fourth-order valence-corrected chi connectivity index (χ4v) is 2.73. The van der Waals surface area contributed by atoms with Gasteiger partial charge >= 0.3 is 0 Å². The number of ether oxygens (including phenoxy) is 1. The Hall–Kier alpha value is -1.69. The first-order chi connectivity index (χ1) is 10.1. The van der Waals surface area contributed by atoms with Crippen molar-refractivity contribution in [2.45, 2.75) is 45.2 Å². The molecule has 6 heteroatoms. The van der Waals surface area contributed by atoms with Crippen LogP contribution in [-0.4, -0.2) is 35.4 Å². The first-order valence-corrected chi connectivity index (χ1v) is 7.48. The summed E-state index contributed by atoms with van der Waals surface area (Å²) in [5.41, 5.74) is 0.0545. The van der Waals surface area contributed by atoms with Gasteiger partial charge in [0, 0.05) is 19.2 Å². The zero-order chi connectivity index (χ0) is 15.2. The maximum Gasteiger partial charge on any atom is 0.271 e. The van der Waals surface area contributed by atoms with Gasteiger partial charge in [0.2, 0.25) is 0 Å². The van der Waals surface area contributed by atoms with Crippen molar-refractivity contribution in [3.63, 3.8) is 0 Å². The second-order valence-corrected chi connectivity index (χ2v) is 5.71. The molecule has 1 N–H and O–H groups in total. The van der Waals surface area contributed by atoms with Gasteiger partial charge in [0.25, 0.3) is 11.5 Å². The topological polar surface area (TPSA) is 73.2 Å². The van der Waals surface area contributed by atoms with Crippen molar-refractivity contribution in [3.8, 4) is 0 Å². The molecule has 2 atom stereocenters. The van der Waals surface area contributed by atoms with Crippen LogP contribution in [0.3, 0.4) is 0 Å². The molecule has 1 saturated carbocycles. The molecule has 0 aliphatic heterocycles. The molecule has 1 aliphatic rings. The van der Waals surface area contributed by atoms with Crippen molar-refractivity contribution in [1.82, 2.24) is 15.1 Å². The monoisotopic (exact) mass is 293 g/mol. The van der Waals surface area contributed by atoms with Crippen LogP contribution in [0.1, 0.15) is 43.1 Å². The molecule has 1 aliphatic carbocycles. The van der Waals surface area contributed by atoms with E-state index in [0.29, 0.717) is 19.1 Å². The van der Waals surface area contributed by atoms with E-state index >= 15 is 0 Å². The Morgan fingerprint density at radius 1 is 1.48 bits per heavy atom.